The molecule has 0 amide bonds. The van der Waals surface area contributed by atoms with E-state index in [1.807, 2.05) is 13.8 Å². The van der Waals surface area contributed by atoms with Crippen LogP contribution in [0.4, 0.5) is 17.6 Å². The molecule has 0 aliphatic carbocycles. The number of rotatable bonds is 5. The predicted octanol–water partition coefficient (Wildman–Crippen LogP) is 3.46. The number of nitrogens with one attached hydrogen (secondary N) is 1. The van der Waals surface area contributed by atoms with Gasteiger partial charge in [-0.2, -0.15) is 13.2 Å². The van der Waals surface area contributed by atoms with Gasteiger partial charge in [0.05, 0.1) is 6.54 Å². The van der Waals surface area contributed by atoms with Crippen molar-refractivity contribution in [1.82, 2.24) is 5.32 Å². The quantitative estimate of drug-likeness (QED) is 0.802. The van der Waals surface area contributed by atoms with Crippen molar-refractivity contribution >= 4 is 0 Å². The Morgan fingerprint density at radius 3 is 2.56 bits per heavy atom. The second kappa shape index (κ2) is 6.18. The van der Waals surface area contributed by atoms with Crippen LogP contribution in [0, 0.1) is 18.7 Å². The van der Waals surface area contributed by atoms with Gasteiger partial charge >= 0.3 is 6.18 Å². The highest BCUT2D eigenvalue weighted by Gasteiger charge is 2.26. The zero-order chi connectivity index (χ0) is 13.8. The summed E-state index contributed by atoms with van der Waals surface area (Å²) in [6, 6.07) is 4.50. The molecule has 0 saturated carbocycles. The van der Waals surface area contributed by atoms with Crippen LogP contribution in [0.2, 0.25) is 0 Å². The molecule has 18 heavy (non-hydrogen) atoms. The molecular weight excluding hydrogens is 246 g/mol. The standard InChI is InChI=1S/C13H17F4N/c1-9(7-18-8-13(15,16)17)5-11-6-12(14)4-3-10(11)2/h3-4,6,9,18H,5,7-8H2,1-2H3. The third kappa shape index (κ3) is 5.49. The number of alkyl halides is 3. The molecule has 0 aromatic heterocycles. The van der Waals surface area contributed by atoms with E-state index in [-0.39, 0.29) is 18.3 Å². The molecule has 1 N–H and O–H groups in total. The highest BCUT2D eigenvalue weighted by atomic mass is 19.4. The lowest BCUT2D eigenvalue weighted by atomic mass is 9.97. The maximum atomic E-state index is 13.0. The predicted molar refractivity (Wildman–Crippen MR) is 62.9 cm³/mol. The Hall–Kier alpha value is -1.10. The fourth-order valence-corrected chi connectivity index (χ4v) is 1.77. The topological polar surface area (TPSA) is 12.0 Å². The number of hydrogen-bond donors (Lipinski definition) is 1. The zero-order valence-corrected chi connectivity index (χ0v) is 10.4. The van der Waals surface area contributed by atoms with Crippen molar-refractivity contribution in [3.63, 3.8) is 0 Å². The molecule has 0 aliphatic heterocycles. The molecule has 0 heterocycles. The maximum absolute atomic E-state index is 13.0. The van der Waals surface area contributed by atoms with E-state index in [2.05, 4.69) is 5.32 Å². The summed E-state index contributed by atoms with van der Waals surface area (Å²) in [5, 5.41) is 2.36. The number of aryl methyl sites for hydroxylation is 1. The van der Waals surface area contributed by atoms with E-state index in [0.717, 1.165) is 11.1 Å². The Labute approximate surface area is 104 Å². The van der Waals surface area contributed by atoms with Crippen molar-refractivity contribution in [3.05, 3.63) is 35.1 Å². The second-order valence-electron chi connectivity index (χ2n) is 4.63. The lowest BCUT2D eigenvalue weighted by Gasteiger charge is -2.15. The molecular formula is C13H17F4N. The largest absolute Gasteiger partial charge is 0.401 e. The molecule has 1 nitrogen and oxygen atoms in total. The Morgan fingerprint density at radius 1 is 1.28 bits per heavy atom. The Kier molecular flexibility index (Phi) is 5.14. The minimum Gasteiger partial charge on any atom is -0.308 e. The summed E-state index contributed by atoms with van der Waals surface area (Å²) < 4.78 is 48.9. The lowest BCUT2D eigenvalue weighted by Crippen LogP contribution is -2.32. The van der Waals surface area contributed by atoms with Gasteiger partial charge in [-0.15, -0.1) is 0 Å². The van der Waals surface area contributed by atoms with E-state index in [4.69, 9.17) is 0 Å². The zero-order valence-electron chi connectivity index (χ0n) is 10.4. The average molecular weight is 263 g/mol. The first-order chi connectivity index (χ1) is 8.28. The normalized spacial score (nSPS) is 13.7. The molecule has 102 valence electrons. The average Bonchev–Trinajstić information content (AvgIpc) is 2.21. The molecule has 1 aromatic rings. The van der Waals surface area contributed by atoms with Gasteiger partial charge in [0.25, 0.3) is 0 Å². The van der Waals surface area contributed by atoms with Crippen molar-refractivity contribution in [1.29, 1.82) is 0 Å². The van der Waals surface area contributed by atoms with Crippen molar-refractivity contribution in [2.45, 2.75) is 26.4 Å². The van der Waals surface area contributed by atoms with E-state index in [0.29, 0.717) is 6.42 Å². The summed E-state index contributed by atoms with van der Waals surface area (Å²) in [7, 11) is 0. The third-order valence-electron chi connectivity index (χ3n) is 2.70. The van der Waals surface area contributed by atoms with E-state index in [9.17, 15) is 17.6 Å². The molecule has 0 radical (unpaired) electrons. The molecule has 0 saturated heterocycles. The molecule has 0 fully saturated rings. The van der Waals surface area contributed by atoms with Crippen LogP contribution in [-0.4, -0.2) is 19.3 Å². The molecule has 1 unspecified atom stereocenters. The monoisotopic (exact) mass is 263 g/mol. The molecule has 1 atom stereocenters. The van der Waals surface area contributed by atoms with Crippen LogP contribution in [0.25, 0.3) is 0 Å². The van der Waals surface area contributed by atoms with Crippen molar-refractivity contribution in [2.75, 3.05) is 13.1 Å². The molecule has 0 bridgehead atoms. The first-order valence-electron chi connectivity index (χ1n) is 5.80. The van der Waals surface area contributed by atoms with Crippen LogP contribution in [0.5, 0.6) is 0 Å². The molecule has 1 aromatic carbocycles. The van der Waals surface area contributed by atoms with Crippen LogP contribution in [0.3, 0.4) is 0 Å². The highest BCUT2D eigenvalue weighted by Crippen LogP contribution is 2.16. The van der Waals surface area contributed by atoms with Crippen LogP contribution in [0.1, 0.15) is 18.1 Å². The summed E-state index contributed by atoms with van der Waals surface area (Å²) in [5.74, 6) is -0.293. The van der Waals surface area contributed by atoms with Gasteiger partial charge in [-0.05, 0) is 49.1 Å². The SMILES string of the molecule is Cc1ccc(F)cc1CC(C)CNCC(F)(F)F. The highest BCUT2D eigenvalue weighted by molar-refractivity contribution is 5.26. The fourth-order valence-electron chi connectivity index (χ4n) is 1.77. The summed E-state index contributed by atoms with van der Waals surface area (Å²) in [4.78, 5) is 0. The fraction of sp³-hybridized carbons (Fsp3) is 0.538. The Balaban J connectivity index is 2.44. The Bertz CT molecular complexity index is 387. The van der Waals surface area contributed by atoms with Gasteiger partial charge in [-0.25, -0.2) is 4.39 Å². The number of hydrogen-bond acceptors (Lipinski definition) is 1. The van der Waals surface area contributed by atoms with Gasteiger partial charge in [-0.1, -0.05) is 13.0 Å². The lowest BCUT2D eigenvalue weighted by molar-refractivity contribution is -0.125. The molecule has 0 aliphatic rings. The summed E-state index contributed by atoms with van der Waals surface area (Å²) in [6.07, 6.45) is -3.62. The van der Waals surface area contributed by atoms with Gasteiger partial charge in [0.2, 0.25) is 0 Å². The van der Waals surface area contributed by atoms with Gasteiger partial charge in [0.15, 0.2) is 0 Å². The van der Waals surface area contributed by atoms with Gasteiger partial charge in [-0.3, -0.25) is 0 Å². The van der Waals surface area contributed by atoms with E-state index in [1.54, 1.807) is 6.07 Å². The molecule has 5 heteroatoms. The maximum Gasteiger partial charge on any atom is 0.401 e. The van der Waals surface area contributed by atoms with E-state index in [1.165, 1.54) is 12.1 Å². The minimum atomic E-state index is -4.19. The van der Waals surface area contributed by atoms with Crippen molar-refractivity contribution < 1.29 is 17.6 Å². The first kappa shape index (κ1) is 15.0. The van der Waals surface area contributed by atoms with Crippen molar-refractivity contribution in [3.8, 4) is 0 Å². The summed E-state index contributed by atoms with van der Waals surface area (Å²) in [6.45, 7) is 2.98. The van der Waals surface area contributed by atoms with Gasteiger partial charge < -0.3 is 5.32 Å². The first-order valence-corrected chi connectivity index (χ1v) is 5.80. The van der Waals surface area contributed by atoms with Crippen LogP contribution in [0.15, 0.2) is 18.2 Å². The Morgan fingerprint density at radius 2 is 1.94 bits per heavy atom. The number of halogens is 4. The van der Waals surface area contributed by atoms with Crippen LogP contribution in [-0.2, 0) is 6.42 Å². The van der Waals surface area contributed by atoms with Crippen molar-refractivity contribution in [2.24, 2.45) is 5.92 Å². The van der Waals surface area contributed by atoms with Crippen LogP contribution < -0.4 is 5.32 Å². The third-order valence-corrected chi connectivity index (χ3v) is 2.70. The molecule has 1 rings (SSSR count). The van der Waals surface area contributed by atoms with Gasteiger partial charge in [0.1, 0.15) is 5.82 Å². The number of benzene rings is 1. The smallest absolute Gasteiger partial charge is 0.308 e. The molecule has 0 spiro atoms. The second-order valence-corrected chi connectivity index (χ2v) is 4.63. The van der Waals surface area contributed by atoms with Crippen LogP contribution >= 0.6 is 0 Å². The minimum absolute atomic E-state index is 0.0212. The van der Waals surface area contributed by atoms with Gasteiger partial charge in [0, 0.05) is 0 Å². The van der Waals surface area contributed by atoms with E-state index >= 15 is 0 Å². The summed E-state index contributed by atoms with van der Waals surface area (Å²) >= 11 is 0. The van der Waals surface area contributed by atoms with E-state index < -0.39 is 12.7 Å². The summed E-state index contributed by atoms with van der Waals surface area (Å²) in [5.41, 5.74) is 1.80.